The average Bonchev–Trinajstić information content (AvgIpc) is 3.09. The molecular formula is C19H17N3O4S. The Kier molecular flexibility index (Phi) is 5.77. The number of hydrogen-bond donors (Lipinski definition) is 1. The number of nitro groups is 1. The highest BCUT2D eigenvalue weighted by Crippen LogP contribution is 2.26. The molecule has 2 aromatic carbocycles. The summed E-state index contributed by atoms with van der Waals surface area (Å²) in [7, 11) is 0. The van der Waals surface area contributed by atoms with Gasteiger partial charge in [-0.1, -0.05) is 42.0 Å². The fraction of sp³-hybridized carbons (Fsp3) is 0.158. The summed E-state index contributed by atoms with van der Waals surface area (Å²) in [6.07, 6.45) is 2.46. The van der Waals surface area contributed by atoms with Gasteiger partial charge in [-0.3, -0.25) is 20.2 Å². The third-order valence-electron chi connectivity index (χ3n) is 3.72. The van der Waals surface area contributed by atoms with Gasteiger partial charge < -0.3 is 4.74 Å². The van der Waals surface area contributed by atoms with E-state index in [2.05, 4.69) is 34.6 Å². The van der Waals surface area contributed by atoms with E-state index >= 15 is 0 Å². The van der Waals surface area contributed by atoms with Crippen LogP contribution in [-0.4, -0.2) is 22.4 Å². The Hall–Kier alpha value is -3.26. The molecule has 1 aromatic heterocycles. The van der Waals surface area contributed by atoms with Crippen molar-refractivity contribution in [1.82, 2.24) is 4.98 Å². The van der Waals surface area contributed by atoms with Crippen molar-refractivity contribution in [3.8, 4) is 5.75 Å². The third kappa shape index (κ3) is 5.11. The number of aromatic nitrogens is 1. The number of rotatable bonds is 7. The number of nitro benzene ring substituents is 1. The fourth-order valence-corrected chi connectivity index (χ4v) is 3.25. The first-order chi connectivity index (χ1) is 13.0. The second-order valence-corrected chi connectivity index (χ2v) is 6.97. The van der Waals surface area contributed by atoms with E-state index in [1.807, 2.05) is 6.92 Å². The molecule has 27 heavy (non-hydrogen) atoms. The Morgan fingerprint density at radius 3 is 2.70 bits per heavy atom. The number of ether oxygens (including phenoxy) is 1. The quantitative estimate of drug-likeness (QED) is 0.492. The van der Waals surface area contributed by atoms with Crippen LogP contribution in [0, 0.1) is 17.0 Å². The summed E-state index contributed by atoms with van der Waals surface area (Å²) in [5.74, 6) is -0.374. The number of nitrogens with one attached hydrogen (secondary N) is 1. The highest BCUT2D eigenvalue weighted by atomic mass is 32.1. The van der Waals surface area contributed by atoms with E-state index in [9.17, 15) is 14.9 Å². The zero-order valence-corrected chi connectivity index (χ0v) is 15.4. The highest BCUT2D eigenvalue weighted by molar-refractivity contribution is 7.15. The summed E-state index contributed by atoms with van der Waals surface area (Å²) < 4.78 is 5.27. The molecule has 0 radical (unpaired) electrons. The van der Waals surface area contributed by atoms with E-state index in [1.165, 1.54) is 40.7 Å². The minimum atomic E-state index is -0.550. The molecule has 7 nitrogen and oxygen atoms in total. The van der Waals surface area contributed by atoms with Gasteiger partial charge in [0.1, 0.15) is 0 Å². The molecule has 0 bridgehead atoms. The number of anilines is 1. The molecule has 3 aromatic rings. The number of nitrogens with zero attached hydrogens (tertiary/aromatic N) is 2. The van der Waals surface area contributed by atoms with Gasteiger partial charge >= 0.3 is 5.69 Å². The Labute approximate surface area is 159 Å². The molecule has 138 valence electrons. The van der Waals surface area contributed by atoms with Crippen LogP contribution in [0.3, 0.4) is 0 Å². The second-order valence-electron chi connectivity index (χ2n) is 5.86. The zero-order chi connectivity index (χ0) is 19.2. The average molecular weight is 383 g/mol. The molecule has 0 aliphatic carbocycles. The first-order valence-electron chi connectivity index (χ1n) is 8.17. The summed E-state index contributed by atoms with van der Waals surface area (Å²) in [6, 6.07) is 14.2. The van der Waals surface area contributed by atoms with E-state index in [4.69, 9.17) is 4.74 Å². The number of benzene rings is 2. The summed E-state index contributed by atoms with van der Waals surface area (Å²) in [4.78, 5) is 27.6. The number of aryl methyl sites for hydroxylation is 1. The SMILES string of the molecule is Cc1ccc(Cc2cnc(NC(=O)COc3ccccc3[N+](=O)[O-])s2)cc1. The van der Waals surface area contributed by atoms with Gasteiger partial charge in [-0.2, -0.15) is 0 Å². The van der Waals surface area contributed by atoms with Gasteiger partial charge in [0.05, 0.1) is 4.92 Å². The van der Waals surface area contributed by atoms with Gasteiger partial charge in [0.15, 0.2) is 17.5 Å². The molecule has 1 amide bonds. The first-order valence-corrected chi connectivity index (χ1v) is 8.99. The molecule has 0 aliphatic rings. The molecular weight excluding hydrogens is 366 g/mol. The van der Waals surface area contributed by atoms with E-state index in [0.29, 0.717) is 5.13 Å². The molecule has 0 aliphatic heterocycles. The Balaban J connectivity index is 1.55. The lowest BCUT2D eigenvalue weighted by Crippen LogP contribution is -2.20. The van der Waals surface area contributed by atoms with E-state index in [0.717, 1.165) is 11.3 Å². The largest absolute Gasteiger partial charge is 0.477 e. The van der Waals surface area contributed by atoms with Crippen LogP contribution < -0.4 is 10.1 Å². The Morgan fingerprint density at radius 1 is 1.22 bits per heavy atom. The molecule has 0 saturated carbocycles. The minimum absolute atomic E-state index is 0.0526. The molecule has 0 atom stereocenters. The van der Waals surface area contributed by atoms with E-state index < -0.39 is 10.8 Å². The highest BCUT2D eigenvalue weighted by Gasteiger charge is 2.15. The van der Waals surface area contributed by atoms with Gasteiger partial charge in [0, 0.05) is 23.6 Å². The maximum Gasteiger partial charge on any atom is 0.310 e. The van der Waals surface area contributed by atoms with Crippen molar-refractivity contribution in [1.29, 1.82) is 0 Å². The van der Waals surface area contributed by atoms with E-state index in [-0.39, 0.29) is 18.0 Å². The number of para-hydroxylation sites is 2. The number of hydrogen-bond acceptors (Lipinski definition) is 6. The van der Waals surface area contributed by atoms with Crippen molar-refractivity contribution in [2.24, 2.45) is 0 Å². The Morgan fingerprint density at radius 2 is 1.96 bits per heavy atom. The predicted molar refractivity (Wildman–Crippen MR) is 103 cm³/mol. The fourth-order valence-electron chi connectivity index (χ4n) is 2.38. The summed E-state index contributed by atoms with van der Waals surface area (Å²) in [5, 5.41) is 14.1. The zero-order valence-electron chi connectivity index (χ0n) is 14.5. The molecule has 0 saturated heterocycles. The van der Waals surface area contributed by atoms with Crippen LogP contribution in [0.25, 0.3) is 0 Å². The maximum atomic E-state index is 12.0. The molecule has 0 fully saturated rings. The smallest absolute Gasteiger partial charge is 0.310 e. The predicted octanol–water partition coefficient (Wildman–Crippen LogP) is 3.97. The van der Waals surface area contributed by atoms with Crippen molar-refractivity contribution >= 4 is 28.1 Å². The summed E-state index contributed by atoms with van der Waals surface area (Å²) in [5.41, 5.74) is 2.19. The molecule has 3 rings (SSSR count). The molecule has 0 unspecified atom stereocenters. The number of carbonyl (C=O) groups is 1. The van der Waals surface area contributed by atoms with Gasteiger partial charge in [-0.25, -0.2) is 4.98 Å². The lowest BCUT2D eigenvalue weighted by atomic mass is 10.1. The standard InChI is InChI=1S/C19H17N3O4S/c1-13-6-8-14(9-7-13)10-15-11-20-19(27-15)21-18(23)12-26-17-5-3-2-4-16(17)22(24)25/h2-9,11H,10,12H2,1H3,(H,20,21,23). The second kappa shape index (κ2) is 8.41. The van der Waals surface area contributed by atoms with Crippen LogP contribution in [0.4, 0.5) is 10.8 Å². The lowest BCUT2D eigenvalue weighted by molar-refractivity contribution is -0.385. The lowest BCUT2D eigenvalue weighted by Gasteiger charge is -2.06. The topological polar surface area (TPSA) is 94.4 Å². The van der Waals surface area contributed by atoms with Gasteiger partial charge in [0.2, 0.25) is 0 Å². The van der Waals surface area contributed by atoms with Crippen molar-refractivity contribution in [2.45, 2.75) is 13.3 Å². The van der Waals surface area contributed by atoms with Crippen molar-refractivity contribution in [2.75, 3.05) is 11.9 Å². The summed E-state index contributed by atoms with van der Waals surface area (Å²) in [6.45, 7) is 1.70. The van der Waals surface area contributed by atoms with Crippen LogP contribution in [0.5, 0.6) is 5.75 Å². The Bertz CT molecular complexity index is 954. The summed E-state index contributed by atoms with van der Waals surface area (Å²) >= 11 is 1.38. The van der Waals surface area contributed by atoms with Crippen molar-refractivity contribution in [3.05, 3.63) is 80.8 Å². The van der Waals surface area contributed by atoms with Crippen molar-refractivity contribution < 1.29 is 14.5 Å². The minimum Gasteiger partial charge on any atom is -0.477 e. The molecule has 0 spiro atoms. The number of thiazole rings is 1. The van der Waals surface area contributed by atoms with Crippen LogP contribution in [0.1, 0.15) is 16.0 Å². The van der Waals surface area contributed by atoms with Crippen LogP contribution in [0.15, 0.2) is 54.7 Å². The maximum absolute atomic E-state index is 12.0. The van der Waals surface area contributed by atoms with Crippen LogP contribution in [0.2, 0.25) is 0 Å². The van der Waals surface area contributed by atoms with Gasteiger partial charge in [-0.15, -0.1) is 11.3 Å². The monoisotopic (exact) mass is 383 g/mol. The van der Waals surface area contributed by atoms with Gasteiger partial charge in [-0.05, 0) is 18.6 Å². The molecule has 1 N–H and O–H groups in total. The van der Waals surface area contributed by atoms with E-state index in [1.54, 1.807) is 12.3 Å². The first kappa shape index (κ1) is 18.5. The number of amides is 1. The third-order valence-corrected chi connectivity index (χ3v) is 4.63. The van der Waals surface area contributed by atoms with Gasteiger partial charge in [0.25, 0.3) is 5.91 Å². The van der Waals surface area contributed by atoms with Crippen molar-refractivity contribution in [3.63, 3.8) is 0 Å². The normalized spacial score (nSPS) is 10.4. The number of carbonyl (C=O) groups excluding carboxylic acids is 1. The molecule has 1 heterocycles. The van der Waals surface area contributed by atoms with Crippen LogP contribution in [-0.2, 0) is 11.2 Å². The van der Waals surface area contributed by atoms with Crippen LogP contribution >= 0.6 is 11.3 Å². The molecule has 8 heteroatoms.